The monoisotopic (exact) mass is 385 g/mol. The molecule has 2 N–H and O–H groups in total. The summed E-state index contributed by atoms with van der Waals surface area (Å²) in [4.78, 5) is 9.12. The fourth-order valence-corrected chi connectivity index (χ4v) is 3.76. The number of benzene rings is 1. The lowest BCUT2D eigenvalue weighted by molar-refractivity contribution is 0.597. The molecule has 0 amide bonds. The molecule has 7 nitrogen and oxygen atoms in total. The quantitative estimate of drug-likeness (QED) is 0.727. The predicted octanol–water partition coefficient (Wildman–Crippen LogP) is 2.79. The van der Waals surface area contributed by atoms with E-state index in [0.29, 0.717) is 40.9 Å². The molecule has 0 unspecified atom stereocenters. The van der Waals surface area contributed by atoms with Crippen molar-refractivity contribution in [2.24, 2.45) is 11.1 Å². The van der Waals surface area contributed by atoms with Gasteiger partial charge in [-0.25, -0.2) is 23.5 Å². The van der Waals surface area contributed by atoms with Gasteiger partial charge in [0.05, 0.1) is 4.90 Å². The molecule has 0 aliphatic rings. The van der Waals surface area contributed by atoms with Crippen molar-refractivity contribution in [3.63, 3.8) is 0 Å². The third kappa shape index (κ3) is 4.06. The van der Waals surface area contributed by atoms with Crippen LogP contribution in [0.1, 0.15) is 30.8 Å². The van der Waals surface area contributed by atoms with Crippen LogP contribution in [0.25, 0.3) is 17.2 Å². The van der Waals surface area contributed by atoms with E-state index >= 15 is 0 Å². The van der Waals surface area contributed by atoms with Gasteiger partial charge in [0.1, 0.15) is 0 Å². The molecule has 0 fully saturated rings. The van der Waals surface area contributed by atoms with E-state index in [0.717, 1.165) is 5.56 Å². The molecule has 0 saturated heterocycles. The van der Waals surface area contributed by atoms with Gasteiger partial charge in [-0.2, -0.15) is 4.68 Å². The van der Waals surface area contributed by atoms with E-state index in [4.69, 9.17) is 5.14 Å². The van der Waals surface area contributed by atoms with E-state index in [1.165, 1.54) is 0 Å². The maximum Gasteiger partial charge on any atom is 0.238 e. The fourth-order valence-electron chi connectivity index (χ4n) is 2.88. The topological polar surface area (TPSA) is 104 Å². The Morgan fingerprint density at radius 1 is 1.19 bits per heavy atom. The number of aryl methyl sites for hydroxylation is 1. The number of rotatable bonds is 5. The summed E-state index contributed by atoms with van der Waals surface area (Å²) >= 11 is 0. The smallest absolute Gasteiger partial charge is 0.237 e. The second-order valence-corrected chi connectivity index (χ2v) is 8.54. The molecular formula is C19H23N5O2S. The normalized spacial score (nSPS) is 11.9. The third-order valence-electron chi connectivity index (χ3n) is 4.29. The predicted molar refractivity (Wildman–Crippen MR) is 104 cm³/mol. The molecule has 142 valence electrons. The summed E-state index contributed by atoms with van der Waals surface area (Å²) in [5, 5.41) is 10.0. The summed E-state index contributed by atoms with van der Waals surface area (Å²) in [6.07, 6.45) is 2.39. The molecule has 27 heavy (non-hydrogen) atoms. The van der Waals surface area contributed by atoms with Crippen molar-refractivity contribution in [2.75, 3.05) is 0 Å². The maximum atomic E-state index is 12.0. The Labute approximate surface area is 159 Å². The van der Waals surface area contributed by atoms with Crippen molar-refractivity contribution in [3.8, 4) is 17.2 Å². The van der Waals surface area contributed by atoms with Crippen molar-refractivity contribution in [1.82, 2.24) is 19.7 Å². The van der Waals surface area contributed by atoms with E-state index < -0.39 is 10.0 Å². The molecule has 8 heteroatoms. The van der Waals surface area contributed by atoms with Gasteiger partial charge in [-0.05, 0) is 55.2 Å². The third-order valence-corrected chi connectivity index (χ3v) is 5.33. The van der Waals surface area contributed by atoms with Crippen molar-refractivity contribution in [2.45, 2.75) is 39.0 Å². The van der Waals surface area contributed by atoms with E-state index in [-0.39, 0.29) is 4.90 Å². The fraction of sp³-hybridized carbons (Fsp3) is 0.316. The number of hydrogen-bond acceptors (Lipinski definition) is 5. The summed E-state index contributed by atoms with van der Waals surface area (Å²) in [6.45, 7) is 7.78. The molecule has 1 aromatic carbocycles. The molecule has 0 aliphatic heterocycles. The minimum atomic E-state index is -3.85. The summed E-state index contributed by atoms with van der Waals surface area (Å²) in [7, 11) is -3.85. The Morgan fingerprint density at radius 2 is 1.93 bits per heavy atom. The van der Waals surface area contributed by atoms with Crippen molar-refractivity contribution < 1.29 is 8.42 Å². The molecule has 3 rings (SSSR count). The first-order valence-corrected chi connectivity index (χ1v) is 10.2. The van der Waals surface area contributed by atoms with Crippen LogP contribution in [0.3, 0.4) is 0 Å². The lowest BCUT2D eigenvalue weighted by Crippen LogP contribution is -2.14. The van der Waals surface area contributed by atoms with E-state index in [1.54, 1.807) is 23.9 Å². The van der Waals surface area contributed by atoms with Gasteiger partial charge in [0.2, 0.25) is 10.0 Å². The number of sulfonamides is 1. The van der Waals surface area contributed by atoms with E-state index in [2.05, 4.69) is 28.9 Å². The lowest BCUT2D eigenvalue weighted by Gasteiger charge is -2.11. The lowest BCUT2D eigenvalue weighted by atomic mass is 10.1. The standard InChI is InChI=1S/C19H23N5O2S/c1-12(2)9-17-22-19(24(23-17)18-7-5-6-8-21-18)15-10-13(3)14(4)16(11-15)27(20,25)26/h5-8,10-12H,9H2,1-4H3,(H2,20,25,26). The summed E-state index contributed by atoms with van der Waals surface area (Å²) < 4.78 is 25.7. The second kappa shape index (κ2) is 7.21. The van der Waals surface area contributed by atoms with Crippen LogP contribution in [0.4, 0.5) is 0 Å². The molecule has 0 atom stereocenters. The Bertz CT molecular complexity index is 1070. The van der Waals surface area contributed by atoms with Gasteiger partial charge < -0.3 is 0 Å². The van der Waals surface area contributed by atoms with Gasteiger partial charge in [-0.3, -0.25) is 0 Å². The SMILES string of the molecule is Cc1cc(-c2nc(CC(C)C)nn2-c2ccccn2)cc(S(N)(=O)=O)c1C. The zero-order valence-electron chi connectivity index (χ0n) is 15.8. The van der Waals surface area contributed by atoms with Gasteiger partial charge >= 0.3 is 0 Å². The Hall–Kier alpha value is -2.58. The van der Waals surface area contributed by atoms with Crippen molar-refractivity contribution in [3.05, 3.63) is 53.5 Å². The average Bonchev–Trinajstić information content (AvgIpc) is 3.00. The number of pyridine rings is 1. The van der Waals surface area contributed by atoms with Gasteiger partial charge in [0.25, 0.3) is 0 Å². The van der Waals surface area contributed by atoms with Crippen LogP contribution in [0.2, 0.25) is 0 Å². The molecule has 0 aliphatic carbocycles. The Balaban J connectivity index is 2.25. The van der Waals surface area contributed by atoms with E-state index in [9.17, 15) is 8.42 Å². The maximum absolute atomic E-state index is 12.0. The number of nitrogens with zero attached hydrogens (tertiary/aromatic N) is 4. The second-order valence-electron chi connectivity index (χ2n) is 7.01. The molecule has 2 aromatic heterocycles. The van der Waals surface area contributed by atoms with Crippen LogP contribution in [0.5, 0.6) is 0 Å². The van der Waals surface area contributed by atoms with Crippen LogP contribution in [-0.4, -0.2) is 28.2 Å². The molecule has 0 spiro atoms. The molecular weight excluding hydrogens is 362 g/mol. The molecule has 0 saturated carbocycles. The Kier molecular flexibility index (Phi) is 5.12. The number of aromatic nitrogens is 4. The minimum Gasteiger partial charge on any atom is -0.237 e. The van der Waals surface area contributed by atoms with Crippen LogP contribution >= 0.6 is 0 Å². The summed E-state index contributed by atoms with van der Waals surface area (Å²) in [6, 6.07) is 8.97. The number of hydrogen-bond donors (Lipinski definition) is 1. The summed E-state index contributed by atoms with van der Waals surface area (Å²) in [5.74, 6) is 2.22. The van der Waals surface area contributed by atoms with Crippen molar-refractivity contribution >= 4 is 10.0 Å². The van der Waals surface area contributed by atoms with Crippen molar-refractivity contribution in [1.29, 1.82) is 0 Å². The number of nitrogens with two attached hydrogens (primary N) is 1. The first kappa shape index (κ1) is 19.2. The molecule has 0 bridgehead atoms. The highest BCUT2D eigenvalue weighted by Crippen LogP contribution is 2.28. The van der Waals surface area contributed by atoms with Gasteiger partial charge in [-0.15, -0.1) is 5.10 Å². The van der Waals surface area contributed by atoms with E-state index in [1.807, 2.05) is 31.2 Å². The average molecular weight is 385 g/mol. The first-order valence-electron chi connectivity index (χ1n) is 8.68. The van der Waals surface area contributed by atoms with Gasteiger partial charge in [0, 0.05) is 18.2 Å². The highest BCUT2D eigenvalue weighted by Gasteiger charge is 2.20. The zero-order valence-corrected chi connectivity index (χ0v) is 16.7. The summed E-state index contributed by atoms with van der Waals surface area (Å²) in [5.41, 5.74) is 2.08. The van der Waals surface area contributed by atoms with Gasteiger partial charge in [-0.1, -0.05) is 19.9 Å². The van der Waals surface area contributed by atoms with Crippen LogP contribution in [0, 0.1) is 19.8 Å². The highest BCUT2D eigenvalue weighted by molar-refractivity contribution is 7.89. The molecule has 0 radical (unpaired) electrons. The zero-order chi connectivity index (χ0) is 19.8. The molecule has 3 aromatic rings. The van der Waals surface area contributed by atoms with Crippen LogP contribution in [-0.2, 0) is 16.4 Å². The Morgan fingerprint density at radius 3 is 2.52 bits per heavy atom. The number of primary sulfonamides is 1. The highest BCUT2D eigenvalue weighted by atomic mass is 32.2. The largest absolute Gasteiger partial charge is 0.238 e. The van der Waals surface area contributed by atoms with Crippen LogP contribution in [0.15, 0.2) is 41.4 Å². The van der Waals surface area contributed by atoms with Gasteiger partial charge in [0.15, 0.2) is 17.5 Å². The first-order chi connectivity index (χ1) is 12.7. The van der Waals surface area contributed by atoms with Crippen LogP contribution < -0.4 is 5.14 Å². The molecule has 2 heterocycles. The minimum absolute atomic E-state index is 0.0958.